The molecule has 2 aromatic rings. The first-order valence-corrected chi connectivity index (χ1v) is 6.54. The summed E-state index contributed by atoms with van der Waals surface area (Å²) >= 11 is 6.07. The van der Waals surface area contributed by atoms with E-state index < -0.39 is 5.97 Å². The fourth-order valence-corrected chi connectivity index (χ4v) is 1.91. The summed E-state index contributed by atoms with van der Waals surface area (Å²) in [7, 11) is 1.84. The summed E-state index contributed by atoms with van der Waals surface area (Å²) in [5.74, 6) is 0.886. The van der Waals surface area contributed by atoms with E-state index in [1.807, 2.05) is 18.5 Å². The van der Waals surface area contributed by atoms with Gasteiger partial charge in [0.05, 0.1) is 5.02 Å². The van der Waals surface area contributed by atoms with E-state index >= 15 is 0 Å². The second-order valence-corrected chi connectivity index (χ2v) is 4.74. The van der Waals surface area contributed by atoms with Gasteiger partial charge in [0.1, 0.15) is 18.2 Å². The number of hydrogen-bond donors (Lipinski definition) is 1. The molecule has 1 aromatic heterocycles. The minimum absolute atomic E-state index is 0.214. The zero-order valence-electron chi connectivity index (χ0n) is 11.6. The molecule has 1 heterocycles. The lowest BCUT2D eigenvalue weighted by atomic mass is 10.2. The van der Waals surface area contributed by atoms with Gasteiger partial charge in [0.25, 0.3) is 0 Å². The highest BCUT2D eigenvalue weighted by Gasteiger charge is 2.09. The van der Waals surface area contributed by atoms with Crippen molar-refractivity contribution in [3.8, 4) is 5.75 Å². The minimum Gasteiger partial charge on any atom is -0.485 e. The van der Waals surface area contributed by atoms with E-state index in [0.717, 1.165) is 11.9 Å². The molecule has 0 saturated heterocycles. The maximum atomic E-state index is 10.6. The Morgan fingerprint density at radius 2 is 2.24 bits per heavy atom. The molecule has 1 N–H and O–H groups in total. The van der Waals surface area contributed by atoms with Gasteiger partial charge in [0.2, 0.25) is 0 Å². The molecule has 7 heteroatoms. The van der Waals surface area contributed by atoms with Crippen LogP contribution in [-0.2, 0) is 18.4 Å². The van der Waals surface area contributed by atoms with E-state index in [0.29, 0.717) is 22.2 Å². The van der Waals surface area contributed by atoms with Crippen molar-refractivity contribution in [3.63, 3.8) is 0 Å². The van der Waals surface area contributed by atoms with Crippen molar-refractivity contribution in [1.29, 1.82) is 0 Å². The van der Waals surface area contributed by atoms with E-state index in [-0.39, 0.29) is 6.61 Å². The Balaban J connectivity index is 2.22. The summed E-state index contributed by atoms with van der Waals surface area (Å²) in [5, 5.41) is 17.1. The third-order valence-electron chi connectivity index (χ3n) is 2.94. The number of benzene rings is 1. The molecule has 0 aliphatic heterocycles. The number of aryl methyl sites for hydroxylation is 1. The molecule has 21 heavy (non-hydrogen) atoms. The van der Waals surface area contributed by atoms with Crippen molar-refractivity contribution in [1.82, 2.24) is 14.8 Å². The fourth-order valence-electron chi connectivity index (χ4n) is 1.68. The maximum absolute atomic E-state index is 10.6. The minimum atomic E-state index is -1.05. The van der Waals surface area contributed by atoms with Crippen molar-refractivity contribution in [3.05, 3.63) is 46.5 Å². The first-order valence-electron chi connectivity index (χ1n) is 6.16. The molecule has 0 saturated carbocycles. The standard InChI is InChI=1S/C14H14ClN3O3/c1-9-16-17-13(18(9)2)8-21-12-5-3-4-11(15)10(12)6-7-14(19)20/h3-7H,8H2,1-2H3,(H,19,20)/b7-6+. The van der Waals surface area contributed by atoms with E-state index in [1.165, 1.54) is 6.08 Å². The molecule has 0 aliphatic carbocycles. The van der Waals surface area contributed by atoms with Crippen LogP contribution in [0.3, 0.4) is 0 Å². The third-order valence-corrected chi connectivity index (χ3v) is 3.27. The quantitative estimate of drug-likeness (QED) is 0.859. The summed E-state index contributed by atoms with van der Waals surface area (Å²) in [6.45, 7) is 2.06. The van der Waals surface area contributed by atoms with Crippen LogP contribution in [0, 0.1) is 6.92 Å². The fraction of sp³-hybridized carbons (Fsp3) is 0.214. The van der Waals surface area contributed by atoms with Crippen molar-refractivity contribution < 1.29 is 14.6 Å². The molecule has 6 nitrogen and oxygen atoms in total. The molecule has 1 aromatic carbocycles. The Labute approximate surface area is 126 Å². The van der Waals surface area contributed by atoms with E-state index in [9.17, 15) is 4.79 Å². The van der Waals surface area contributed by atoms with Crippen LogP contribution in [0.15, 0.2) is 24.3 Å². The Morgan fingerprint density at radius 3 is 2.86 bits per heavy atom. The SMILES string of the molecule is Cc1nnc(COc2cccc(Cl)c2/C=C/C(=O)O)n1C. The number of rotatable bonds is 5. The van der Waals surface area contributed by atoms with Gasteiger partial charge in [-0.15, -0.1) is 10.2 Å². The van der Waals surface area contributed by atoms with Crippen LogP contribution in [0.5, 0.6) is 5.75 Å². The van der Waals surface area contributed by atoms with Crippen molar-refractivity contribution in [2.75, 3.05) is 0 Å². The van der Waals surface area contributed by atoms with Crippen molar-refractivity contribution in [2.24, 2.45) is 7.05 Å². The van der Waals surface area contributed by atoms with Crippen LogP contribution in [0.1, 0.15) is 17.2 Å². The van der Waals surface area contributed by atoms with Crippen LogP contribution in [0.4, 0.5) is 0 Å². The topological polar surface area (TPSA) is 77.2 Å². The molecule has 0 fully saturated rings. The number of aliphatic carboxylic acids is 1. The zero-order valence-corrected chi connectivity index (χ0v) is 12.3. The molecule has 0 spiro atoms. The van der Waals surface area contributed by atoms with Gasteiger partial charge in [-0.05, 0) is 25.1 Å². The number of carbonyl (C=O) groups is 1. The zero-order chi connectivity index (χ0) is 15.4. The number of hydrogen-bond acceptors (Lipinski definition) is 4. The Hall–Kier alpha value is -2.34. The highest BCUT2D eigenvalue weighted by molar-refractivity contribution is 6.32. The van der Waals surface area contributed by atoms with E-state index in [4.69, 9.17) is 21.4 Å². The van der Waals surface area contributed by atoms with Crippen LogP contribution in [0.2, 0.25) is 5.02 Å². The van der Waals surface area contributed by atoms with Gasteiger partial charge in [-0.25, -0.2) is 4.79 Å². The summed E-state index contributed by atoms with van der Waals surface area (Å²) in [6, 6.07) is 5.12. The molecule has 2 rings (SSSR count). The summed E-state index contributed by atoms with van der Waals surface area (Å²) in [5.41, 5.74) is 0.514. The van der Waals surface area contributed by atoms with Gasteiger partial charge < -0.3 is 14.4 Å². The van der Waals surface area contributed by atoms with Crippen LogP contribution < -0.4 is 4.74 Å². The Bertz CT molecular complexity index is 695. The van der Waals surface area contributed by atoms with Crippen molar-refractivity contribution in [2.45, 2.75) is 13.5 Å². The normalized spacial score (nSPS) is 11.0. The number of aromatic nitrogens is 3. The number of carboxylic acids is 1. The number of halogens is 1. The average Bonchev–Trinajstić information content (AvgIpc) is 2.75. The molecule has 0 radical (unpaired) electrons. The maximum Gasteiger partial charge on any atom is 0.328 e. The summed E-state index contributed by atoms with van der Waals surface area (Å²) < 4.78 is 7.50. The molecule has 0 bridgehead atoms. The number of carboxylic acid groups (broad SMARTS) is 1. The van der Waals surface area contributed by atoms with E-state index in [2.05, 4.69) is 10.2 Å². The molecule has 110 valence electrons. The van der Waals surface area contributed by atoms with Crippen LogP contribution >= 0.6 is 11.6 Å². The number of nitrogens with zero attached hydrogens (tertiary/aromatic N) is 3. The highest BCUT2D eigenvalue weighted by atomic mass is 35.5. The third kappa shape index (κ3) is 3.61. The molecular formula is C14H14ClN3O3. The van der Waals surface area contributed by atoms with Gasteiger partial charge in [0.15, 0.2) is 5.82 Å². The van der Waals surface area contributed by atoms with Gasteiger partial charge in [-0.3, -0.25) is 0 Å². The lowest BCUT2D eigenvalue weighted by molar-refractivity contribution is -0.131. The Kier molecular flexibility index (Phi) is 4.59. The second-order valence-electron chi connectivity index (χ2n) is 4.33. The monoisotopic (exact) mass is 307 g/mol. The van der Waals surface area contributed by atoms with Gasteiger partial charge in [-0.2, -0.15) is 0 Å². The lowest BCUT2D eigenvalue weighted by Crippen LogP contribution is -2.05. The average molecular weight is 308 g/mol. The molecule has 0 unspecified atom stereocenters. The summed E-state index contributed by atoms with van der Waals surface area (Å²) in [6.07, 6.45) is 2.42. The van der Waals surface area contributed by atoms with E-state index in [1.54, 1.807) is 18.2 Å². The second kappa shape index (κ2) is 6.41. The molecule has 0 amide bonds. The highest BCUT2D eigenvalue weighted by Crippen LogP contribution is 2.28. The van der Waals surface area contributed by atoms with Gasteiger partial charge >= 0.3 is 5.97 Å². The van der Waals surface area contributed by atoms with Gasteiger partial charge in [0, 0.05) is 18.7 Å². The smallest absolute Gasteiger partial charge is 0.328 e. The van der Waals surface area contributed by atoms with Crippen LogP contribution in [-0.4, -0.2) is 25.8 Å². The largest absolute Gasteiger partial charge is 0.485 e. The van der Waals surface area contributed by atoms with Crippen molar-refractivity contribution >= 4 is 23.6 Å². The molecular weight excluding hydrogens is 294 g/mol. The predicted molar refractivity (Wildman–Crippen MR) is 78.2 cm³/mol. The predicted octanol–water partition coefficient (Wildman–Crippen LogP) is 2.45. The summed E-state index contributed by atoms with van der Waals surface area (Å²) in [4.78, 5) is 10.6. The molecule has 0 aliphatic rings. The lowest BCUT2D eigenvalue weighted by Gasteiger charge is -2.10. The van der Waals surface area contributed by atoms with Crippen LogP contribution in [0.25, 0.3) is 6.08 Å². The number of ether oxygens (including phenoxy) is 1. The first kappa shape index (κ1) is 15.1. The first-order chi connectivity index (χ1) is 9.99. The molecule has 0 atom stereocenters. The Morgan fingerprint density at radius 1 is 1.48 bits per heavy atom. The van der Waals surface area contributed by atoms with Gasteiger partial charge in [-0.1, -0.05) is 17.7 Å².